The van der Waals surface area contributed by atoms with Gasteiger partial charge in [-0.1, -0.05) is 44.0 Å². The number of allylic oxidation sites excluding steroid dienone is 2. The summed E-state index contributed by atoms with van der Waals surface area (Å²) >= 11 is 1.43. The number of rotatable bonds is 18. The summed E-state index contributed by atoms with van der Waals surface area (Å²) in [4.78, 5) is 2.24. The lowest BCUT2D eigenvalue weighted by molar-refractivity contribution is -0.284. The third-order valence-corrected chi connectivity index (χ3v) is 8.04. The van der Waals surface area contributed by atoms with Gasteiger partial charge in [-0.3, -0.25) is 0 Å². The molecule has 0 atom stereocenters. The van der Waals surface area contributed by atoms with E-state index in [4.69, 9.17) is 0 Å². The molecule has 0 heterocycles. The molecule has 9 heteroatoms. The van der Waals surface area contributed by atoms with Crippen molar-refractivity contribution in [3.05, 3.63) is 59.7 Å². The van der Waals surface area contributed by atoms with Gasteiger partial charge in [-0.2, -0.15) is 33.7 Å². The molecule has 0 bridgehead atoms. The van der Waals surface area contributed by atoms with Crippen LogP contribution >= 0.6 is 11.8 Å². The van der Waals surface area contributed by atoms with E-state index in [2.05, 4.69) is 11.8 Å². The number of nitrogens with zero attached hydrogens (tertiary/aromatic N) is 1. The van der Waals surface area contributed by atoms with Crippen LogP contribution in [0.3, 0.4) is 0 Å². The molecule has 0 aliphatic heterocycles. The maximum Gasteiger partial charge on any atom is 0.453 e. The molecule has 2 aromatic carbocycles. The van der Waals surface area contributed by atoms with Gasteiger partial charge in [0, 0.05) is 6.42 Å². The van der Waals surface area contributed by atoms with E-state index in [1.54, 1.807) is 24.3 Å². The fraction of sp³-hybridized carbons (Fsp3) is 0.548. The monoisotopic (exact) mass is 587 g/mol. The smallest absolute Gasteiger partial charge is 0.453 e. The van der Waals surface area contributed by atoms with Crippen molar-refractivity contribution in [1.82, 2.24) is 4.90 Å². The average molecular weight is 588 g/mol. The summed E-state index contributed by atoms with van der Waals surface area (Å²) in [5.41, 5.74) is 4.67. The first-order valence-corrected chi connectivity index (χ1v) is 15.1. The largest absolute Gasteiger partial charge is 0.508 e. The van der Waals surface area contributed by atoms with Gasteiger partial charge in [-0.05, 0) is 117 Å². The third-order valence-electron chi connectivity index (χ3n) is 6.89. The minimum Gasteiger partial charge on any atom is -0.508 e. The molecule has 0 unspecified atom stereocenters. The van der Waals surface area contributed by atoms with Crippen molar-refractivity contribution >= 4 is 22.9 Å². The quantitative estimate of drug-likeness (QED) is 0.104. The molecule has 0 saturated carbocycles. The van der Waals surface area contributed by atoms with Gasteiger partial charge in [0.15, 0.2) is 0 Å². The number of hydrogen-bond donors (Lipinski definition) is 2. The van der Waals surface area contributed by atoms with E-state index in [0.717, 1.165) is 74.9 Å². The number of hydrogen-bond acceptors (Lipinski definition) is 4. The van der Waals surface area contributed by atoms with Crippen molar-refractivity contribution < 1.29 is 32.2 Å². The van der Waals surface area contributed by atoms with E-state index < -0.39 is 18.5 Å². The molecule has 0 fully saturated rings. The highest BCUT2D eigenvalue weighted by molar-refractivity contribution is 7.99. The Kier molecular flexibility index (Phi) is 14.3. The Morgan fingerprint density at radius 2 is 1.20 bits per heavy atom. The maximum absolute atomic E-state index is 12.9. The predicted octanol–water partition coefficient (Wildman–Crippen LogP) is 9.40. The highest BCUT2D eigenvalue weighted by Crippen LogP contribution is 2.39. The van der Waals surface area contributed by atoms with Crippen molar-refractivity contribution in [2.24, 2.45) is 0 Å². The lowest BCUT2D eigenvalue weighted by Crippen LogP contribution is -2.36. The molecule has 3 nitrogen and oxygen atoms in total. The zero-order chi connectivity index (χ0) is 29.6. The normalized spacial score (nSPS) is 13.1. The van der Waals surface area contributed by atoms with Crippen LogP contribution in [-0.4, -0.2) is 58.9 Å². The number of phenols is 2. The highest BCUT2D eigenvalue weighted by Gasteiger charge is 2.56. The average Bonchev–Trinajstić information content (AvgIpc) is 2.90. The Bertz CT molecular complexity index is 1020. The third kappa shape index (κ3) is 11.7. The Balaban J connectivity index is 1.71. The molecular formula is C31H42F5NO2S. The number of halogens is 5. The lowest BCUT2D eigenvalue weighted by atomic mass is 9.89. The van der Waals surface area contributed by atoms with E-state index in [1.165, 1.54) is 22.9 Å². The molecule has 40 heavy (non-hydrogen) atoms. The van der Waals surface area contributed by atoms with Crippen LogP contribution in [0.2, 0.25) is 0 Å². The molecule has 224 valence electrons. The molecule has 0 aliphatic carbocycles. The molecule has 0 amide bonds. The summed E-state index contributed by atoms with van der Waals surface area (Å²) in [6, 6.07) is 14.6. The second-order valence-corrected chi connectivity index (χ2v) is 11.4. The van der Waals surface area contributed by atoms with E-state index in [0.29, 0.717) is 5.75 Å². The number of thioether (sulfide) groups is 1. The predicted molar refractivity (Wildman–Crippen MR) is 156 cm³/mol. The standard InChI is InChI=1S/C31H42F5NO2S/c1-3-28(24-11-15-26(38)16-12-24)29(25-13-17-27(39)18-14-25)10-6-4-5-7-20-37(2)21-9-23-40-22-8-19-30(32,33)31(34,35)36/h11-18,38-39H,3-10,19-23H2,1-2H3/b29-28+. The fourth-order valence-electron chi connectivity index (χ4n) is 4.61. The van der Waals surface area contributed by atoms with Crippen molar-refractivity contribution in [2.45, 2.75) is 76.8 Å². The first-order chi connectivity index (χ1) is 18.9. The van der Waals surface area contributed by atoms with Crippen molar-refractivity contribution in [1.29, 1.82) is 0 Å². The second kappa shape index (κ2) is 16.9. The van der Waals surface area contributed by atoms with Gasteiger partial charge in [-0.15, -0.1) is 0 Å². The minimum absolute atomic E-state index is 0.147. The summed E-state index contributed by atoms with van der Waals surface area (Å²) in [5.74, 6) is -3.07. The van der Waals surface area contributed by atoms with Gasteiger partial charge < -0.3 is 15.1 Å². The van der Waals surface area contributed by atoms with E-state index in [1.807, 2.05) is 31.3 Å². The van der Waals surface area contributed by atoms with Gasteiger partial charge >= 0.3 is 12.1 Å². The van der Waals surface area contributed by atoms with Crippen molar-refractivity contribution in [3.8, 4) is 11.5 Å². The summed E-state index contributed by atoms with van der Waals surface area (Å²) in [6.07, 6.45) is 0.153. The van der Waals surface area contributed by atoms with Crippen LogP contribution < -0.4 is 0 Å². The molecular weight excluding hydrogens is 545 g/mol. The van der Waals surface area contributed by atoms with Crippen LogP contribution in [0.1, 0.15) is 75.8 Å². The van der Waals surface area contributed by atoms with Crippen molar-refractivity contribution in [3.63, 3.8) is 0 Å². The van der Waals surface area contributed by atoms with Gasteiger partial charge in [0.1, 0.15) is 11.5 Å². The molecule has 2 N–H and O–H groups in total. The highest BCUT2D eigenvalue weighted by atomic mass is 32.2. The Hall–Kier alpha value is -2.26. The van der Waals surface area contributed by atoms with E-state index in [9.17, 15) is 32.2 Å². The van der Waals surface area contributed by atoms with Crippen LogP contribution in [-0.2, 0) is 0 Å². The Labute approximate surface area is 239 Å². The number of aromatic hydroxyl groups is 2. The molecule has 2 rings (SSSR count). The van der Waals surface area contributed by atoms with Crippen molar-refractivity contribution in [2.75, 3.05) is 31.6 Å². The van der Waals surface area contributed by atoms with E-state index in [-0.39, 0.29) is 17.9 Å². The minimum atomic E-state index is -5.46. The first kappa shape index (κ1) is 33.9. The maximum atomic E-state index is 12.9. The Morgan fingerprint density at radius 1 is 0.700 bits per heavy atom. The van der Waals surface area contributed by atoms with E-state index >= 15 is 0 Å². The zero-order valence-corrected chi connectivity index (χ0v) is 24.3. The molecule has 0 aromatic heterocycles. The molecule has 0 spiro atoms. The van der Waals surface area contributed by atoms with Gasteiger partial charge in [0.25, 0.3) is 0 Å². The number of alkyl halides is 5. The van der Waals surface area contributed by atoms with Crippen LogP contribution in [0.25, 0.3) is 11.1 Å². The lowest BCUT2D eigenvalue weighted by Gasteiger charge is -2.19. The summed E-state index contributed by atoms with van der Waals surface area (Å²) in [5, 5.41) is 19.4. The summed E-state index contributed by atoms with van der Waals surface area (Å²) in [7, 11) is 2.05. The topological polar surface area (TPSA) is 43.7 Å². The van der Waals surface area contributed by atoms with Crippen LogP contribution in [0.15, 0.2) is 48.5 Å². The van der Waals surface area contributed by atoms with Crippen LogP contribution in [0, 0.1) is 0 Å². The zero-order valence-electron chi connectivity index (χ0n) is 23.5. The molecule has 2 aromatic rings. The van der Waals surface area contributed by atoms with Crippen LogP contribution in [0.5, 0.6) is 11.5 Å². The fourth-order valence-corrected chi connectivity index (χ4v) is 5.50. The van der Waals surface area contributed by atoms with Gasteiger partial charge in [-0.25, -0.2) is 0 Å². The number of benzene rings is 2. The van der Waals surface area contributed by atoms with Gasteiger partial charge in [0.2, 0.25) is 0 Å². The second-order valence-electron chi connectivity index (χ2n) is 10.1. The summed E-state index contributed by atoms with van der Waals surface area (Å²) < 4.78 is 62.4. The SMILES string of the molecule is CC/C(=C(/CCCCCCN(C)CCCSCCCC(F)(F)C(F)(F)F)c1ccc(O)cc1)c1ccc(O)cc1. The number of unbranched alkanes of at least 4 members (excludes halogenated alkanes) is 3. The number of phenolic OH excluding ortho intramolecular Hbond substituents is 2. The Morgan fingerprint density at radius 3 is 1.75 bits per heavy atom. The molecule has 0 saturated heterocycles. The first-order valence-electron chi connectivity index (χ1n) is 14.0. The summed E-state index contributed by atoms with van der Waals surface area (Å²) in [6.45, 7) is 3.95. The van der Waals surface area contributed by atoms with Gasteiger partial charge in [0.05, 0.1) is 0 Å². The van der Waals surface area contributed by atoms with Crippen LogP contribution in [0.4, 0.5) is 22.0 Å². The molecule has 0 aliphatic rings. The molecule has 0 radical (unpaired) electrons.